The lowest BCUT2D eigenvalue weighted by atomic mass is 9.99. The Morgan fingerprint density at radius 1 is 1.12 bits per heavy atom. The number of hydrogen-bond donors (Lipinski definition) is 1. The number of aliphatic hydroxyl groups excluding tert-OH is 1. The minimum Gasteiger partial charge on any atom is -0.390 e. The number of aryl methyl sites for hydroxylation is 1. The van der Waals surface area contributed by atoms with Gasteiger partial charge in [0, 0.05) is 25.2 Å². The molecule has 2 aromatic rings. The number of alkyl halides is 1. The van der Waals surface area contributed by atoms with Crippen LogP contribution in [0.4, 0.5) is 4.39 Å². The Kier molecular flexibility index (Phi) is 7.41. The third kappa shape index (κ3) is 5.10. The van der Waals surface area contributed by atoms with Crippen molar-refractivity contribution in [1.82, 2.24) is 19.0 Å². The van der Waals surface area contributed by atoms with Gasteiger partial charge in [-0.25, -0.2) is 18.5 Å². The summed E-state index contributed by atoms with van der Waals surface area (Å²) in [6, 6.07) is 8.01. The molecule has 2 fully saturated rings. The molecule has 3 atom stereocenters. The van der Waals surface area contributed by atoms with Gasteiger partial charge in [-0.15, -0.1) is 0 Å². The first-order valence-electron chi connectivity index (χ1n) is 11.8. The van der Waals surface area contributed by atoms with Crippen molar-refractivity contribution in [1.29, 1.82) is 0 Å². The molecule has 1 aromatic heterocycles. The van der Waals surface area contributed by atoms with E-state index in [1.165, 1.54) is 4.57 Å². The number of aliphatic hydroxyl groups is 1. The smallest absolute Gasteiger partial charge is 0.353 e. The summed E-state index contributed by atoms with van der Waals surface area (Å²) in [6.45, 7) is 4.11. The van der Waals surface area contributed by atoms with E-state index >= 15 is 0 Å². The van der Waals surface area contributed by atoms with Crippen LogP contribution in [-0.4, -0.2) is 55.0 Å². The summed E-state index contributed by atoms with van der Waals surface area (Å²) in [7, 11) is 0. The number of benzene rings is 1. The summed E-state index contributed by atoms with van der Waals surface area (Å²) in [6.07, 6.45) is 3.04. The molecular weight excluding hydrogens is 427 g/mol. The molecule has 2 saturated heterocycles. The Hall–Kier alpha value is -2.36. The molecule has 4 rings (SSSR count). The second-order valence-corrected chi connectivity index (χ2v) is 9.12. The van der Waals surface area contributed by atoms with Crippen molar-refractivity contribution in [3.05, 3.63) is 62.2 Å². The Morgan fingerprint density at radius 2 is 1.79 bits per heavy atom. The van der Waals surface area contributed by atoms with Crippen LogP contribution in [0.25, 0.3) is 0 Å². The molecule has 0 radical (unpaired) electrons. The zero-order chi connectivity index (χ0) is 23.5. The fourth-order valence-electron chi connectivity index (χ4n) is 5.35. The Bertz CT molecular complexity index is 1070. The molecule has 180 valence electrons. The molecule has 0 amide bonds. The largest absolute Gasteiger partial charge is 0.390 e. The fourth-order valence-corrected chi connectivity index (χ4v) is 5.35. The molecule has 0 aliphatic carbocycles. The Balaban J connectivity index is 1.36. The van der Waals surface area contributed by atoms with Crippen molar-refractivity contribution in [2.24, 2.45) is 0 Å². The van der Waals surface area contributed by atoms with E-state index in [2.05, 4.69) is 9.88 Å². The number of aromatic nitrogens is 3. The highest BCUT2D eigenvalue weighted by molar-refractivity contribution is 5.25. The molecule has 2 bridgehead atoms. The number of rotatable bonds is 9. The lowest BCUT2D eigenvalue weighted by molar-refractivity contribution is -0.0403. The zero-order valence-electron chi connectivity index (χ0n) is 19.3. The minimum absolute atomic E-state index is 0.0686. The van der Waals surface area contributed by atoms with E-state index < -0.39 is 24.2 Å². The fraction of sp³-hybridized carbons (Fsp3) is 0.625. The molecule has 0 saturated carbocycles. The molecule has 2 aliphatic heterocycles. The van der Waals surface area contributed by atoms with Crippen LogP contribution in [0.1, 0.15) is 49.6 Å². The maximum Gasteiger partial charge on any atom is 0.353 e. The molecule has 1 N–H and O–H groups in total. The third-order valence-corrected chi connectivity index (χ3v) is 7.05. The van der Waals surface area contributed by atoms with E-state index in [-0.39, 0.29) is 12.6 Å². The van der Waals surface area contributed by atoms with Gasteiger partial charge in [0.1, 0.15) is 12.5 Å². The molecule has 2 aliphatic rings. The molecule has 1 aromatic carbocycles. The predicted octanol–water partition coefficient (Wildman–Crippen LogP) is 1.78. The maximum atomic E-state index is 13.2. The number of piperidine rings is 1. The lowest BCUT2D eigenvalue weighted by Crippen LogP contribution is -2.51. The molecule has 9 heteroatoms. The molecule has 33 heavy (non-hydrogen) atoms. The first-order chi connectivity index (χ1) is 15.9. The standard InChI is InChI=1S/C24H33FN4O4/c1-3-27-16(2)26-23(31)29(24(27)32)14-21(30)13-28-19-8-9-20(28)11-22(10-19)33-15-18-7-5-4-6-17(18)12-25/h4-7,19-22,30H,3,8-15H2,1-2H3/t19?,20?,21-,22?/m1/s1. The number of fused-ring (bicyclic) bond motifs is 2. The van der Waals surface area contributed by atoms with Crippen LogP contribution in [0.3, 0.4) is 0 Å². The van der Waals surface area contributed by atoms with Gasteiger partial charge in [0.25, 0.3) is 0 Å². The van der Waals surface area contributed by atoms with Gasteiger partial charge < -0.3 is 9.84 Å². The summed E-state index contributed by atoms with van der Waals surface area (Å²) >= 11 is 0. The van der Waals surface area contributed by atoms with Crippen molar-refractivity contribution in [3.8, 4) is 0 Å². The van der Waals surface area contributed by atoms with Crippen LogP contribution in [0, 0.1) is 6.92 Å². The highest BCUT2D eigenvalue weighted by Gasteiger charge is 2.41. The summed E-state index contributed by atoms with van der Waals surface area (Å²) in [5.74, 6) is 0.382. The van der Waals surface area contributed by atoms with E-state index in [0.717, 1.165) is 35.8 Å². The highest BCUT2D eigenvalue weighted by Crippen LogP contribution is 2.37. The normalized spacial score (nSPS) is 23.7. The van der Waals surface area contributed by atoms with Crippen molar-refractivity contribution >= 4 is 0 Å². The number of nitrogens with zero attached hydrogens (tertiary/aromatic N) is 4. The number of hydrogen-bond acceptors (Lipinski definition) is 6. The van der Waals surface area contributed by atoms with Gasteiger partial charge in [-0.05, 0) is 50.7 Å². The maximum absolute atomic E-state index is 13.2. The molecule has 2 unspecified atom stereocenters. The second-order valence-electron chi connectivity index (χ2n) is 9.12. The molecular formula is C24H33FN4O4. The van der Waals surface area contributed by atoms with E-state index in [9.17, 15) is 19.1 Å². The predicted molar refractivity (Wildman–Crippen MR) is 122 cm³/mol. The summed E-state index contributed by atoms with van der Waals surface area (Å²) in [5, 5.41) is 10.7. The van der Waals surface area contributed by atoms with Gasteiger partial charge in [-0.3, -0.25) is 9.47 Å². The van der Waals surface area contributed by atoms with E-state index in [4.69, 9.17) is 4.74 Å². The van der Waals surface area contributed by atoms with Crippen molar-refractivity contribution in [2.75, 3.05) is 6.54 Å². The summed E-state index contributed by atoms with van der Waals surface area (Å²) in [5.41, 5.74) is 0.506. The summed E-state index contributed by atoms with van der Waals surface area (Å²) in [4.78, 5) is 31.1. The van der Waals surface area contributed by atoms with E-state index in [0.29, 0.717) is 43.2 Å². The third-order valence-electron chi connectivity index (χ3n) is 7.05. The summed E-state index contributed by atoms with van der Waals surface area (Å²) < 4.78 is 21.8. The lowest BCUT2D eigenvalue weighted by Gasteiger charge is -2.39. The average Bonchev–Trinajstić information content (AvgIpc) is 3.02. The van der Waals surface area contributed by atoms with Gasteiger partial charge in [0.05, 0.1) is 25.4 Å². The van der Waals surface area contributed by atoms with Gasteiger partial charge >= 0.3 is 11.4 Å². The molecule has 8 nitrogen and oxygen atoms in total. The van der Waals surface area contributed by atoms with Crippen molar-refractivity contribution < 1.29 is 14.2 Å². The highest BCUT2D eigenvalue weighted by atomic mass is 19.1. The molecule has 0 spiro atoms. The Morgan fingerprint density at radius 3 is 2.42 bits per heavy atom. The Labute approximate surface area is 192 Å². The molecule has 3 heterocycles. The van der Waals surface area contributed by atoms with Gasteiger partial charge in [-0.2, -0.15) is 4.98 Å². The first kappa shape index (κ1) is 23.8. The first-order valence-corrected chi connectivity index (χ1v) is 11.8. The van der Waals surface area contributed by atoms with Crippen LogP contribution in [0.5, 0.6) is 0 Å². The average molecular weight is 461 g/mol. The van der Waals surface area contributed by atoms with Crippen molar-refractivity contribution in [3.63, 3.8) is 0 Å². The van der Waals surface area contributed by atoms with E-state index in [1.807, 2.05) is 25.1 Å². The van der Waals surface area contributed by atoms with Crippen LogP contribution in [0.15, 0.2) is 33.9 Å². The topological polar surface area (TPSA) is 89.6 Å². The van der Waals surface area contributed by atoms with Crippen molar-refractivity contribution in [2.45, 2.75) is 90.2 Å². The van der Waals surface area contributed by atoms with Gasteiger partial charge in [-0.1, -0.05) is 24.3 Å². The SMILES string of the molecule is CCn1c(C)nc(=O)n(C[C@H](O)CN2C3CCC2CC(OCc2ccccc2CF)C3)c1=O. The van der Waals surface area contributed by atoms with Crippen LogP contribution >= 0.6 is 0 Å². The van der Waals surface area contributed by atoms with Crippen LogP contribution in [-0.2, 0) is 31.1 Å². The van der Waals surface area contributed by atoms with Crippen LogP contribution < -0.4 is 11.4 Å². The second kappa shape index (κ2) is 10.3. The zero-order valence-corrected chi connectivity index (χ0v) is 19.3. The minimum atomic E-state index is -0.845. The quantitative estimate of drug-likeness (QED) is 0.614. The number of halogens is 1. The number of ether oxygens (including phenoxy) is 1. The van der Waals surface area contributed by atoms with Gasteiger partial charge in [0.15, 0.2) is 0 Å². The van der Waals surface area contributed by atoms with E-state index in [1.54, 1.807) is 13.0 Å². The monoisotopic (exact) mass is 460 g/mol. The van der Waals surface area contributed by atoms with Gasteiger partial charge in [0.2, 0.25) is 0 Å². The van der Waals surface area contributed by atoms with Crippen LogP contribution in [0.2, 0.25) is 0 Å².